The summed E-state index contributed by atoms with van der Waals surface area (Å²) in [5, 5.41) is 3.78. The van der Waals surface area contributed by atoms with E-state index in [4.69, 9.17) is 5.73 Å². The number of hydrogen-bond donors (Lipinski definition) is 1. The van der Waals surface area contributed by atoms with Crippen LogP contribution >= 0.6 is 0 Å². The summed E-state index contributed by atoms with van der Waals surface area (Å²) in [6, 6.07) is -0.199. The van der Waals surface area contributed by atoms with E-state index in [1.54, 1.807) is 6.92 Å². The Balaban J connectivity index is 2.52. The van der Waals surface area contributed by atoms with Gasteiger partial charge in [0.25, 0.3) is 0 Å². The molecule has 6 heteroatoms. The largest absolute Gasteiger partial charge is 0.390 e. The summed E-state index contributed by atoms with van der Waals surface area (Å²) in [6.45, 7) is 1.60. The van der Waals surface area contributed by atoms with Gasteiger partial charge in [0.2, 0.25) is 0 Å². The third-order valence-electron chi connectivity index (χ3n) is 1.80. The molecule has 80 valence electrons. The van der Waals surface area contributed by atoms with Crippen LogP contribution in [0.5, 0.6) is 0 Å². The van der Waals surface area contributed by atoms with Crippen molar-refractivity contribution in [3.8, 4) is 0 Å². The molecule has 3 nitrogen and oxygen atoms in total. The number of aryl methyl sites for hydroxylation is 1. The molecule has 2 N–H and O–H groups in total. The molecule has 0 fully saturated rings. The summed E-state index contributed by atoms with van der Waals surface area (Å²) in [4.78, 5) is 0. The highest BCUT2D eigenvalue weighted by atomic mass is 19.4. The van der Waals surface area contributed by atoms with Crippen LogP contribution in [0.2, 0.25) is 0 Å². The summed E-state index contributed by atoms with van der Waals surface area (Å²) in [6.07, 6.45) is -1.98. The third-order valence-corrected chi connectivity index (χ3v) is 1.80. The van der Waals surface area contributed by atoms with Gasteiger partial charge in [-0.15, -0.1) is 0 Å². The van der Waals surface area contributed by atoms with Gasteiger partial charge in [0.05, 0.1) is 12.6 Å². The summed E-state index contributed by atoms with van der Waals surface area (Å²) < 4.78 is 36.8. The van der Waals surface area contributed by atoms with Crippen molar-refractivity contribution in [2.75, 3.05) is 0 Å². The van der Waals surface area contributed by atoms with E-state index in [0.717, 1.165) is 5.56 Å². The van der Waals surface area contributed by atoms with Crippen molar-refractivity contribution in [2.45, 2.75) is 32.1 Å². The topological polar surface area (TPSA) is 43.8 Å². The first-order valence-electron chi connectivity index (χ1n) is 4.23. The van der Waals surface area contributed by atoms with Gasteiger partial charge in [-0.3, -0.25) is 4.68 Å². The third kappa shape index (κ3) is 3.37. The normalized spacial score (nSPS) is 14.4. The molecule has 1 unspecified atom stereocenters. The zero-order valence-electron chi connectivity index (χ0n) is 7.75. The Morgan fingerprint density at radius 2 is 2.21 bits per heavy atom. The van der Waals surface area contributed by atoms with Gasteiger partial charge in [-0.1, -0.05) is 0 Å². The van der Waals surface area contributed by atoms with Crippen LogP contribution in [0, 0.1) is 0 Å². The predicted octanol–water partition coefficient (Wildman–Crippen LogP) is 1.86. The summed E-state index contributed by atoms with van der Waals surface area (Å²) >= 11 is 0. The lowest BCUT2D eigenvalue weighted by molar-refractivity contribution is -0.137. The molecule has 0 spiro atoms. The molecule has 0 aromatic carbocycles. The van der Waals surface area contributed by atoms with Crippen LogP contribution in [0.15, 0.2) is 12.4 Å². The van der Waals surface area contributed by atoms with E-state index in [9.17, 15) is 13.2 Å². The fraction of sp³-hybridized carbons (Fsp3) is 0.625. The number of nitrogens with two attached hydrogens (primary N) is 1. The molecule has 1 atom stereocenters. The predicted molar refractivity (Wildman–Crippen MR) is 45.5 cm³/mol. The van der Waals surface area contributed by atoms with Gasteiger partial charge in [0, 0.05) is 24.3 Å². The fourth-order valence-electron chi connectivity index (χ4n) is 0.978. The Hall–Kier alpha value is -1.04. The highest BCUT2D eigenvalue weighted by Crippen LogP contribution is 2.20. The van der Waals surface area contributed by atoms with E-state index < -0.39 is 12.6 Å². The molecule has 1 aromatic rings. The highest BCUT2D eigenvalue weighted by Gasteiger charge is 2.26. The van der Waals surface area contributed by atoms with Crippen molar-refractivity contribution < 1.29 is 13.2 Å². The van der Waals surface area contributed by atoms with Crippen LogP contribution < -0.4 is 5.73 Å². The molecular formula is C8H12F3N3. The van der Waals surface area contributed by atoms with Crippen molar-refractivity contribution in [1.82, 2.24) is 9.78 Å². The summed E-state index contributed by atoms with van der Waals surface area (Å²) in [5.41, 5.74) is 6.28. The minimum absolute atomic E-state index is 0.157. The molecule has 0 bridgehead atoms. The number of aromatic nitrogens is 2. The molecule has 0 amide bonds. The minimum atomic E-state index is -4.14. The van der Waals surface area contributed by atoms with Crippen LogP contribution in [0.25, 0.3) is 0 Å². The highest BCUT2D eigenvalue weighted by molar-refractivity contribution is 5.07. The molecule has 0 radical (unpaired) electrons. The van der Waals surface area contributed by atoms with E-state index >= 15 is 0 Å². The summed E-state index contributed by atoms with van der Waals surface area (Å²) in [5.74, 6) is 0. The first kappa shape index (κ1) is 11.0. The standard InChI is InChI=1S/C8H12F3N3/c1-6(12)7-4-13-14(5-7)3-2-8(9,10)11/h4-6H,2-3,12H2,1H3. The number of rotatable bonds is 3. The molecule has 0 saturated heterocycles. The number of halogens is 3. The zero-order chi connectivity index (χ0) is 10.8. The van der Waals surface area contributed by atoms with Crippen LogP contribution in [0.3, 0.4) is 0 Å². The average molecular weight is 207 g/mol. The smallest absolute Gasteiger partial charge is 0.324 e. The first-order chi connectivity index (χ1) is 6.38. The van der Waals surface area contributed by atoms with E-state index in [1.807, 2.05) is 0 Å². The molecule has 0 aliphatic rings. The first-order valence-corrected chi connectivity index (χ1v) is 4.23. The molecular weight excluding hydrogens is 195 g/mol. The fourth-order valence-corrected chi connectivity index (χ4v) is 0.978. The molecule has 0 aliphatic heterocycles. The number of alkyl halides is 3. The maximum atomic E-state index is 11.8. The van der Waals surface area contributed by atoms with Gasteiger partial charge in [-0.05, 0) is 6.92 Å². The minimum Gasteiger partial charge on any atom is -0.324 e. The molecule has 1 aromatic heterocycles. The second-order valence-electron chi connectivity index (χ2n) is 3.19. The van der Waals surface area contributed by atoms with Gasteiger partial charge >= 0.3 is 6.18 Å². The van der Waals surface area contributed by atoms with Gasteiger partial charge in [0.15, 0.2) is 0 Å². The molecule has 14 heavy (non-hydrogen) atoms. The van der Waals surface area contributed by atoms with Crippen molar-refractivity contribution in [3.05, 3.63) is 18.0 Å². The van der Waals surface area contributed by atoms with Crippen molar-refractivity contribution in [3.63, 3.8) is 0 Å². The van der Waals surface area contributed by atoms with Crippen LogP contribution in [0.1, 0.15) is 24.9 Å². The van der Waals surface area contributed by atoms with Crippen LogP contribution in [-0.4, -0.2) is 16.0 Å². The maximum absolute atomic E-state index is 11.8. The molecule has 0 saturated carbocycles. The quantitative estimate of drug-likeness (QED) is 0.822. The van der Waals surface area contributed by atoms with Crippen LogP contribution in [-0.2, 0) is 6.54 Å². The van der Waals surface area contributed by atoms with Crippen molar-refractivity contribution in [2.24, 2.45) is 5.73 Å². The number of hydrogen-bond acceptors (Lipinski definition) is 2. The Morgan fingerprint density at radius 1 is 1.57 bits per heavy atom. The van der Waals surface area contributed by atoms with E-state index in [-0.39, 0.29) is 12.6 Å². The Bertz CT molecular complexity index is 290. The number of nitrogens with zero attached hydrogens (tertiary/aromatic N) is 2. The maximum Gasteiger partial charge on any atom is 0.390 e. The molecule has 1 heterocycles. The lowest BCUT2D eigenvalue weighted by atomic mass is 10.2. The Morgan fingerprint density at radius 3 is 2.64 bits per heavy atom. The zero-order valence-corrected chi connectivity index (χ0v) is 7.75. The van der Waals surface area contributed by atoms with Crippen LogP contribution in [0.4, 0.5) is 13.2 Å². The van der Waals surface area contributed by atoms with E-state index in [0.29, 0.717) is 0 Å². The lowest BCUT2D eigenvalue weighted by Crippen LogP contribution is -2.12. The van der Waals surface area contributed by atoms with Gasteiger partial charge < -0.3 is 5.73 Å². The summed E-state index contributed by atoms with van der Waals surface area (Å²) in [7, 11) is 0. The molecule has 0 aliphatic carbocycles. The molecule has 1 rings (SSSR count). The Kier molecular flexibility index (Phi) is 3.15. The average Bonchev–Trinajstić information content (AvgIpc) is 2.47. The van der Waals surface area contributed by atoms with Crippen molar-refractivity contribution in [1.29, 1.82) is 0 Å². The van der Waals surface area contributed by atoms with E-state index in [2.05, 4.69) is 5.10 Å². The second kappa shape index (κ2) is 4.00. The lowest BCUT2D eigenvalue weighted by Gasteiger charge is -2.05. The van der Waals surface area contributed by atoms with Gasteiger partial charge in [-0.25, -0.2) is 0 Å². The SMILES string of the molecule is CC(N)c1cnn(CCC(F)(F)F)c1. The van der Waals surface area contributed by atoms with E-state index in [1.165, 1.54) is 17.1 Å². The van der Waals surface area contributed by atoms with Gasteiger partial charge in [-0.2, -0.15) is 18.3 Å². The monoisotopic (exact) mass is 207 g/mol. The Labute approximate surface area is 79.7 Å². The van der Waals surface area contributed by atoms with Crippen molar-refractivity contribution >= 4 is 0 Å². The second-order valence-corrected chi connectivity index (χ2v) is 3.19. The van der Waals surface area contributed by atoms with Gasteiger partial charge in [0.1, 0.15) is 0 Å².